The molecule has 0 fully saturated rings. The number of aliphatic carboxylic acids is 1. The van der Waals surface area contributed by atoms with Crippen molar-refractivity contribution in [2.45, 2.75) is 69.3 Å². The number of H-pyrrole nitrogens is 1. The van der Waals surface area contributed by atoms with Crippen LogP contribution in [0.5, 0.6) is 0 Å². The van der Waals surface area contributed by atoms with Gasteiger partial charge in [-0.2, -0.15) is 0 Å². The van der Waals surface area contributed by atoms with Crippen molar-refractivity contribution in [3.63, 3.8) is 0 Å². The summed E-state index contributed by atoms with van der Waals surface area (Å²) in [4.78, 5) is 67.3. The first-order chi connectivity index (χ1) is 16.5. The van der Waals surface area contributed by atoms with Gasteiger partial charge in [0.15, 0.2) is 6.04 Å². The Morgan fingerprint density at radius 3 is 2.20 bits per heavy atom. The van der Waals surface area contributed by atoms with Gasteiger partial charge in [-0.25, -0.2) is 9.78 Å². The Labute approximate surface area is 201 Å². The predicted molar refractivity (Wildman–Crippen MR) is 122 cm³/mol. The number of nitrogens with two attached hydrogens (primary N) is 3. The number of hydrogen-bond donors (Lipinski definition) is 9. The fraction of sp³-hybridized carbons (Fsp3) is 0.600. The number of primary amides is 1. The van der Waals surface area contributed by atoms with Crippen LogP contribution in [0.25, 0.3) is 0 Å². The van der Waals surface area contributed by atoms with Crippen molar-refractivity contribution >= 4 is 29.6 Å². The van der Waals surface area contributed by atoms with Gasteiger partial charge in [0.1, 0.15) is 12.1 Å². The standard InChI is InChI=1S/C20H34N8O7/c1-10(29)16(20(34)35)28-18(32)13(4-2-3-5-21)26-19(33)14(6-11-8-24-9-25-11)27-17(31)12(22)7-15(23)30/h8-10,12-14,16,29H,2-7,21-22H2,1H3,(H2,23,30)(H,24,25)(H,26,33)(H,27,31)(H,28,32)(H,34,35). The summed E-state index contributed by atoms with van der Waals surface area (Å²) >= 11 is 0. The molecule has 1 aromatic heterocycles. The van der Waals surface area contributed by atoms with Crippen LogP contribution < -0.4 is 33.2 Å². The van der Waals surface area contributed by atoms with Gasteiger partial charge in [-0.15, -0.1) is 0 Å². The van der Waals surface area contributed by atoms with Gasteiger partial charge < -0.3 is 48.3 Å². The fourth-order valence-electron chi connectivity index (χ4n) is 3.09. The number of aliphatic hydroxyl groups is 1. The van der Waals surface area contributed by atoms with E-state index < -0.39 is 66.3 Å². The number of carbonyl (C=O) groups excluding carboxylic acids is 4. The van der Waals surface area contributed by atoms with Gasteiger partial charge in [0.25, 0.3) is 0 Å². The summed E-state index contributed by atoms with van der Waals surface area (Å²) in [5.74, 6) is -4.66. The van der Waals surface area contributed by atoms with Gasteiger partial charge in [0, 0.05) is 18.3 Å². The number of carboxylic acids is 1. The lowest BCUT2D eigenvalue weighted by Crippen LogP contribution is -2.58. The molecule has 0 aromatic carbocycles. The second-order valence-corrected chi connectivity index (χ2v) is 8.03. The lowest BCUT2D eigenvalue weighted by Gasteiger charge is -2.25. The third kappa shape index (κ3) is 10.5. The van der Waals surface area contributed by atoms with Crippen LogP contribution in [0.3, 0.4) is 0 Å². The topological polar surface area (TPSA) is 269 Å². The number of nitrogens with one attached hydrogen (secondary N) is 4. The molecule has 0 bridgehead atoms. The molecule has 0 saturated carbocycles. The molecule has 1 rings (SSSR count). The molecule has 0 saturated heterocycles. The van der Waals surface area contributed by atoms with Crippen molar-refractivity contribution in [1.82, 2.24) is 25.9 Å². The molecular weight excluding hydrogens is 464 g/mol. The van der Waals surface area contributed by atoms with Crippen molar-refractivity contribution in [3.05, 3.63) is 18.2 Å². The highest BCUT2D eigenvalue weighted by molar-refractivity contribution is 5.95. The summed E-state index contributed by atoms with van der Waals surface area (Å²) < 4.78 is 0. The van der Waals surface area contributed by atoms with E-state index in [4.69, 9.17) is 17.2 Å². The average molecular weight is 499 g/mol. The number of unbranched alkanes of at least 4 members (excludes halogenated alkanes) is 1. The van der Waals surface area contributed by atoms with Crippen LogP contribution in [0.15, 0.2) is 12.5 Å². The summed E-state index contributed by atoms with van der Waals surface area (Å²) in [6.45, 7) is 1.54. The summed E-state index contributed by atoms with van der Waals surface area (Å²) in [6.07, 6.45) is 2.01. The molecule has 4 amide bonds. The van der Waals surface area contributed by atoms with E-state index in [0.717, 1.165) is 0 Å². The molecular formula is C20H34N8O7. The molecule has 196 valence electrons. The average Bonchev–Trinajstić information content (AvgIpc) is 3.28. The van der Waals surface area contributed by atoms with E-state index in [2.05, 4.69) is 25.9 Å². The number of aromatic nitrogens is 2. The Morgan fingerprint density at radius 1 is 1.06 bits per heavy atom. The summed E-state index contributed by atoms with van der Waals surface area (Å²) in [7, 11) is 0. The number of carbonyl (C=O) groups is 5. The Morgan fingerprint density at radius 2 is 1.69 bits per heavy atom. The van der Waals surface area contributed by atoms with Crippen LogP contribution in [0.1, 0.15) is 38.3 Å². The van der Waals surface area contributed by atoms with Crippen LogP contribution in [0, 0.1) is 0 Å². The van der Waals surface area contributed by atoms with Gasteiger partial charge >= 0.3 is 5.97 Å². The minimum Gasteiger partial charge on any atom is -0.480 e. The maximum Gasteiger partial charge on any atom is 0.328 e. The molecule has 0 aliphatic rings. The number of aromatic amines is 1. The van der Waals surface area contributed by atoms with Gasteiger partial charge in [-0.1, -0.05) is 0 Å². The van der Waals surface area contributed by atoms with Crippen molar-refractivity contribution < 1.29 is 34.2 Å². The maximum absolute atomic E-state index is 13.1. The van der Waals surface area contributed by atoms with E-state index in [1.54, 1.807) is 0 Å². The van der Waals surface area contributed by atoms with E-state index >= 15 is 0 Å². The van der Waals surface area contributed by atoms with Crippen LogP contribution >= 0.6 is 0 Å². The van der Waals surface area contributed by atoms with Gasteiger partial charge in [0.05, 0.1) is 24.9 Å². The quantitative estimate of drug-likeness (QED) is 0.100. The normalized spacial score (nSPS) is 15.2. The third-order valence-electron chi connectivity index (χ3n) is 5.00. The minimum atomic E-state index is -1.59. The Hall–Kier alpha value is -3.56. The van der Waals surface area contributed by atoms with Crippen molar-refractivity contribution in [2.75, 3.05) is 6.54 Å². The molecule has 0 aliphatic carbocycles. The van der Waals surface area contributed by atoms with E-state index in [1.807, 2.05) is 0 Å². The number of nitrogens with zero attached hydrogens (tertiary/aromatic N) is 1. The molecule has 1 aromatic rings. The smallest absolute Gasteiger partial charge is 0.328 e. The van der Waals surface area contributed by atoms with Crippen molar-refractivity contribution in [2.24, 2.45) is 17.2 Å². The van der Waals surface area contributed by atoms with Gasteiger partial charge in [-0.05, 0) is 32.7 Å². The monoisotopic (exact) mass is 498 g/mol. The molecule has 15 nitrogen and oxygen atoms in total. The molecule has 0 spiro atoms. The number of amides is 4. The largest absolute Gasteiger partial charge is 0.480 e. The second kappa shape index (κ2) is 14.6. The molecule has 0 aliphatic heterocycles. The molecule has 5 unspecified atom stereocenters. The summed E-state index contributed by atoms with van der Waals surface area (Å²) in [6, 6.07) is -5.30. The van der Waals surface area contributed by atoms with Crippen molar-refractivity contribution in [3.8, 4) is 0 Å². The minimum absolute atomic E-state index is 0.0522. The van der Waals surface area contributed by atoms with Crippen LogP contribution in [-0.2, 0) is 30.4 Å². The van der Waals surface area contributed by atoms with Gasteiger partial charge in [-0.3, -0.25) is 19.2 Å². The maximum atomic E-state index is 13.1. The Bertz CT molecular complexity index is 862. The van der Waals surface area contributed by atoms with E-state index in [0.29, 0.717) is 25.1 Å². The fourth-order valence-corrected chi connectivity index (χ4v) is 3.09. The van der Waals surface area contributed by atoms with E-state index in [1.165, 1.54) is 19.4 Å². The molecule has 15 heteroatoms. The summed E-state index contributed by atoms with van der Waals surface area (Å²) in [5.41, 5.74) is 16.7. The number of aliphatic hydroxyl groups excluding tert-OH is 1. The van der Waals surface area contributed by atoms with Crippen LogP contribution in [0.4, 0.5) is 0 Å². The Kier molecular flexibility index (Phi) is 12.3. The number of rotatable bonds is 16. The lowest BCUT2D eigenvalue weighted by molar-refractivity contribution is -0.145. The highest BCUT2D eigenvalue weighted by Crippen LogP contribution is 2.06. The van der Waals surface area contributed by atoms with Crippen molar-refractivity contribution in [1.29, 1.82) is 0 Å². The number of hydrogen-bond acceptors (Lipinski definition) is 9. The zero-order chi connectivity index (χ0) is 26.5. The lowest BCUT2D eigenvalue weighted by atomic mass is 10.0. The first kappa shape index (κ1) is 29.5. The summed E-state index contributed by atoms with van der Waals surface area (Å²) in [5, 5.41) is 26.0. The Balaban J connectivity index is 3.05. The number of imidazole rings is 1. The van der Waals surface area contributed by atoms with Gasteiger partial charge in [0.2, 0.25) is 23.6 Å². The molecule has 1 heterocycles. The highest BCUT2D eigenvalue weighted by Gasteiger charge is 2.32. The number of carboxylic acid groups (broad SMARTS) is 1. The molecule has 35 heavy (non-hydrogen) atoms. The zero-order valence-corrected chi connectivity index (χ0v) is 19.4. The second-order valence-electron chi connectivity index (χ2n) is 8.03. The molecule has 5 atom stereocenters. The van der Waals surface area contributed by atoms with E-state index in [-0.39, 0.29) is 12.8 Å². The van der Waals surface area contributed by atoms with E-state index in [9.17, 15) is 34.2 Å². The first-order valence-electron chi connectivity index (χ1n) is 11.0. The van der Waals surface area contributed by atoms with Crippen LogP contribution in [-0.4, -0.2) is 86.6 Å². The third-order valence-corrected chi connectivity index (χ3v) is 5.00. The highest BCUT2D eigenvalue weighted by atomic mass is 16.4. The molecule has 12 N–H and O–H groups in total. The molecule has 0 radical (unpaired) electrons. The van der Waals surface area contributed by atoms with Crippen LogP contribution in [0.2, 0.25) is 0 Å². The first-order valence-corrected chi connectivity index (χ1v) is 11.0. The zero-order valence-electron chi connectivity index (χ0n) is 19.4. The predicted octanol–water partition coefficient (Wildman–Crippen LogP) is -3.80. The SMILES string of the molecule is CC(O)C(NC(=O)C(CCCCN)NC(=O)C(Cc1cnc[nH]1)NC(=O)C(N)CC(N)=O)C(=O)O.